The smallest absolute Gasteiger partial charge is 0.324 e. The molecule has 6 nitrogen and oxygen atoms in total. The molecule has 0 radical (unpaired) electrons. The third-order valence-electron chi connectivity index (χ3n) is 4.40. The summed E-state index contributed by atoms with van der Waals surface area (Å²) in [6.45, 7) is 7.07. The maximum absolute atomic E-state index is 12.5. The average Bonchev–Trinajstić information content (AvgIpc) is 2.56. The Labute approximate surface area is 147 Å². The topological polar surface area (TPSA) is 72.4 Å². The van der Waals surface area contributed by atoms with Crippen molar-refractivity contribution < 1.29 is 14.3 Å². The third-order valence-corrected chi connectivity index (χ3v) is 4.40. The second-order valence-corrected chi connectivity index (χ2v) is 7.02. The number of para-hydroxylation sites is 1. The molecule has 1 atom stereocenters. The van der Waals surface area contributed by atoms with Crippen molar-refractivity contribution in [1.82, 2.24) is 14.9 Å². The number of hydrogen-bond acceptors (Lipinski definition) is 6. The molecule has 1 fully saturated rings. The zero-order valence-corrected chi connectivity index (χ0v) is 14.9. The van der Waals surface area contributed by atoms with Crippen LogP contribution in [0.3, 0.4) is 0 Å². The van der Waals surface area contributed by atoms with Gasteiger partial charge in [-0.1, -0.05) is 25.1 Å². The summed E-state index contributed by atoms with van der Waals surface area (Å²) in [5.41, 5.74) is 0.294. The quantitative estimate of drug-likeness (QED) is 0.776. The molecule has 0 saturated carbocycles. The van der Waals surface area contributed by atoms with Crippen LogP contribution in [0.2, 0.25) is 0 Å². The molecule has 1 saturated heterocycles. The van der Waals surface area contributed by atoms with Gasteiger partial charge in [0.2, 0.25) is 0 Å². The Morgan fingerprint density at radius 2 is 2.12 bits per heavy atom. The minimum absolute atomic E-state index is 0.0598. The van der Waals surface area contributed by atoms with E-state index >= 15 is 0 Å². The largest absolute Gasteiger partial charge is 0.457 e. The number of fused-ring (bicyclic) bond motifs is 1. The molecule has 132 valence electrons. The number of Topliss-reactive ketones (excluding diaryl/α,β-unsaturated/α-hetero) is 1. The Morgan fingerprint density at radius 1 is 1.36 bits per heavy atom. The van der Waals surface area contributed by atoms with E-state index < -0.39 is 11.6 Å². The van der Waals surface area contributed by atoms with Crippen molar-refractivity contribution in [2.75, 3.05) is 13.1 Å². The summed E-state index contributed by atoms with van der Waals surface area (Å²) in [5, 5.41) is 0.939. The van der Waals surface area contributed by atoms with E-state index in [1.807, 2.05) is 49.9 Å². The molecule has 0 spiro atoms. The van der Waals surface area contributed by atoms with Crippen molar-refractivity contribution >= 4 is 22.7 Å². The number of hydrogen-bond donors (Lipinski definition) is 0. The van der Waals surface area contributed by atoms with Gasteiger partial charge < -0.3 is 4.74 Å². The van der Waals surface area contributed by atoms with Crippen molar-refractivity contribution in [1.29, 1.82) is 0 Å². The Hall–Kier alpha value is -2.34. The van der Waals surface area contributed by atoms with E-state index in [-0.39, 0.29) is 24.6 Å². The molecule has 3 rings (SSSR count). The highest BCUT2D eigenvalue weighted by molar-refractivity contribution is 5.88. The zero-order valence-electron chi connectivity index (χ0n) is 14.9. The van der Waals surface area contributed by atoms with Gasteiger partial charge in [-0.05, 0) is 26.5 Å². The van der Waals surface area contributed by atoms with Crippen LogP contribution < -0.4 is 0 Å². The second kappa shape index (κ2) is 6.88. The first kappa shape index (κ1) is 17.5. The number of aromatic nitrogens is 2. The molecule has 1 aliphatic heterocycles. The summed E-state index contributed by atoms with van der Waals surface area (Å²) >= 11 is 0. The monoisotopic (exact) mass is 341 g/mol. The fraction of sp³-hybridized carbons (Fsp3) is 0.474. The van der Waals surface area contributed by atoms with E-state index in [4.69, 9.17) is 4.74 Å². The van der Waals surface area contributed by atoms with E-state index in [1.54, 1.807) is 6.20 Å². The number of morpholine rings is 1. The Bertz CT molecular complexity index is 803. The molecule has 0 bridgehead atoms. The SMILES string of the molecule is CCN1CC(C)(C)OC(=O)C1CC(=O)Cc1ncc2ccccc2n1. The molecule has 0 aliphatic carbocycles. The lowest BCUT2D eigenvalue weighted by Crippen LogP contribution is -2.57. The first-order chi connectivity index (χ1) is 11.9. The molecule has 1 unspecified atom stereocenters. The predicted octanol–water partition coefficient (Wildman–Crippen LogP) is 2.16. The maximum atomic E-state index is 12.5. The van der Waals surface area contributed by atoms with Gasteiger partial charge in [-0.2, -0.15) is 0 Å². The minimum atomic E-state index is -0.522. The van der Waals surface area contributed by atoms with Crippen LogP contribution >= 0.6 is 0 Å². The number of carbonyl (C=O) groups is 2. The number of likely N-dealkylation sites (N-methyl/N-ethyl adjacent to an activating group) is 1. The van der Waals surface area contributed by atoms with Crippen molar-refractivity contribution in [3.63, 3.8) is 0 Å². The standard InChI is InChI=1S/C19H23N3O3/c1-4-22-12-19(2,3)25-18(24)16(22)9-14(23)10-17-20-11-13-7-5-6-8-15(13)21-17/h5-8,11,16H,4,9-10,12H2,1-3H3. The van der Waals surface area contributed by atoms with Crippen molar-refractivity contribution in [3.8, 4) is 0 Å². The normalized spacial score (nSPS) is 20.4. The Balaban J connectivity index is 1.69. The number of esters is 1. The highest BCUT2D eigenvalue weighted by Crippen LogP contribution is 2.23. The fourth-order valence-electron chi connectivity index (χ4n) is 3.23. The summed E-state index contributed by atoms with van der Waals surface area (Å²) in [4.78, 5) is 35.5. The molecule has 1 aromatic carbocycles. The highest BCUT2D eigenvalue weighted by Gasteiger charge is 2.40. The number of nitrogens with zero attached hydrogens (tertiary/aromatic N) is 3. The van der Waals surface area contributed by atoms with Gasteiger partial charge in [-0.25, -0.2) is 9.97 Å². The van der Waals surface area contributed by atoms with E-state index in [2.05, 4.69) is 9.97 Å². The van der Waals surface area contributed by atoms with Crippen LogP contribution in [0.25, 0.3) is 10.9 Å². The van der Waals surface area contributed by atoms with Gasteiger partial charge in [0.15, 0.2) is 0 Å². The van der Waals surface area contributed by atoms with Crippen LogP contribution in [0.4, 0.5) is 0 Å². The van der Waals surface area contributed by atoms with Crippen LogP contribution in [0.15, 0.2) is 30.5 Å². The number of rotatable bonds is 5. The summed E-state index contributed by atoms with van der Waals surface area (Å²) in [7, 11) is 0. The average molecular weight is 341 g/mol. The highest BCUT2D eigenvalue weighted by atomic mass is 16.6. The summed E-state index contributed by atoms with van der Waals surface area (Å²) < 4.78 is 5.46. The molecule has 2 aromatic rings. The van der Waals surface area contributed by atoms with E-state index in [1.165, 1.54) is 0 Å². The summed E-state index contributed by atoms with van der Waals surface area (Å²) in [6, 6.07) is 7.13. The van der Waals surface area contributed by atoms with Crippen LogP contribution in [0.5, 0.6) is 0 Å². The lowest BCUT2D eigenvalue weighted by molar-refractivity contribution is -0.178. The van der Waals surface area contributed by atoms with Crippen molar-refractivity contribution in [2.24, 2.45) is 0 Å². The molecular formula is C19H23N3O3. The summed E-state index contributed by atoms with van der Waals surface area (Å²) in [5.74, 6) is 0.0949. The molecule has 6 heteroatoms. The number of benzene rings is 1. The zero-order chi connectivity index (χ0) is 18.0. The van der Waals surface area contributed by atoms with Gasteiger partial charge >= 0.3 is 5.97 Å². The molecule has 2 heterocycles. The van der Waals surface area contributed by atoms with E-state index in [0.717, 1.165) is 10.9 Å². The molecular weight excluding hydrogens is 318 g/mol. The van der Waals surface area contributed by atoms with Crippen molar-refractivity contribution in [3.05, 3.63) is 36.3 Å². The maximum Gasteiger partial charge on any atom is 0.324 e. The molecule has 0 N–H and O–H groups in total. The summed E-state index contributed by atoms with van der Waals surface area (Å²) in [6.07, 6.45) is 1.97. The van der Waals surface area contributed by atoms with Gasteiger partial charge in [0, 0.05) is 24.5 Å². The number of ketones is 1. The number of carbonyl (C=O) groups excluding carboxylic acids is 2. The molecule has 1 aromatic heterocycles. The Morgan fingerprint density at radius 3 is 2.88 bits per heavy atom. The van der Waals surface area contributed by atoms with E-state index in [9.17, 15) is 9.59 Å². The minimum Gasteiger partial charge on any atom is -0.457 e. The molecule has 1 aliphatic rings. The number of ether oxygens (including phenoxy) is 1. The van der Waals surface area contributed by atoms with Gasteiger partial charge in [-0.15, -0.1) is 0 Å². The lowest BCUT2D eigenvalue weighted by atomic mass is 9.99. The second-order valence-electron chi connectivity index (χ2n) is 7.02. The van der Waals surface area contributed by atoms with Gasteiger partial charge in [0.1, 0.15) is 23.3 Å². The van der Waals surface area contributed by atoms with Crippen LogP contribution in [-0.2, 0) is 20.7 Å². The van der Waals surface area contributed by atoms with Gasteiger partial charge in [-0.3, -0.25) is 14.5 Å². The Kier molecular flexibility index (Phi) is 4.81. The lowest BCUT2D eigenvalue weighted by Gasteiger charge is -2.41. The van der Waals surface area contributed by atoms with Gasteiger partial charge in [0.25, 0.3) is 0 Å². The van der Waals surface area contributed by atoms with Gasteiger partial charge in [0.05, 0.1) is 11.9 Å². The van der Waals surface area contributed by atoms with E-state index in [0.29, 0.717) is 18.9 Å². The van der Waals surface area contributed by atoms with Crippen LogP contribution in [-0.4, -0.2) is 51.4 Å². The van der Waals surface area contributed by atoms with Crippen LogP contribution in [0.1, 0.15) is 33.0 Å². The number of cyclic esters (lactones) is 1. The van der Waals surface area contributed by atoms with Crippen LogP contribution in [0, 0.1) is 0 Å². The molecule has 0 amide bonds. The van der Waals surface area contributed by atoms with Crippen molar-refractivity contribution in [2.45, 2.75) is 45.3 Å². The molecule has 25 heavy (non-hydrogen) atoms. The third kappa shape index (κ3) is 4.02. The fourth-order valence-corrected chi connectivity index (χ4v) is 3.23. The first-order valence-corrected chi connectivity index (χ1v) is 8.57. The predicted molar refractivity (Wildman–Crippen MR) is 94.1 cm³/mol. The first-order valence-electron chi connectivity index (χ1n) is 8.57.